The van der Waals surface area contributed by atoms with Crippen molar-refractivity contribution >= 4 is 26.7 Å². The molecule has 8 nitrogen and oxygen atoms in total. The van der Waals surface area contributed by atoms with Crippen LogP contribution in [0.2, 0.25) is 0 Å². The van der Waals surface area contributed by atoms with Crippen molar-refractivity contribution in [3.8, 4) is 0 Å². The number of hydrogen-bond donors (Lipinski definition) is 1. The summed E-state index contributed by atoms with van der Waals surface area (Å²) < 4.78 is 26.9. The van der Waals surface area contributed by atoms with Gasteiger partial charge in [-0.1, -0.05) is 6.07 Å². The molecular weight excluding hydrogens is 342 g/mol. The Morgan fingerprint density at radius 2 is 1.84 bits per heavy atom. The Hall–Kier alpha value is -2.68. The van der Waals surface area contributed by atoms with Crippen LogP contribution >= 0.6 is 0 Å². The average molecular weight is 361 g/mol. The molecule has 0 amide bonds. The Balaban J connectivity index is 1.95. The zero-order chi connectivity index (χ0) is 18.4. The Bertz CT molecular complexity index is 1130. The Kier molecular flexibility index (Phi) is 4.11. The van der Waals surface area contributed by atoms with Crippen LogP contribution in [0.15, 0.2) is 34.1 Å². The largest absolute Gasteiger partial charge is 0.365 e. The van der Waals surface area contributed by atoms with Crippen LogP contribution in [-0.2, 0) is 30.5 Å². The zero-order valence-electron chi connectivity index (χ0n) is 14.4. The van der Waals surface area contributed by atoms with Crippen LogP contribution in [0.3, 0.4) is 0 Å². The van der Waals surface area contributed by atoms with E-state index in [1.807, 2.05) is 18.2 Å². The minimum Gasteiger partial charge on any atom is -0.365 e. The summed E-state index contributed by atoms with van der Waals surface area (Å²) in [5, 5.41) is 3.06. The molecular formula is C16H19N5O3S. The van der Waals surface area contributed by atoms with Gasteiger partial charge in [0.05, 0.1) is 17.2 Å². The van der Waals surface area contributed by atoms with Crippen LogP contribution in [0.4, 0.5) is 5.82 Å². The molecule has 25 heavy (non-hydrogen) atoms. The summed E-state index contributed by atoms with van der Waals surface area (Å²) in [6.07, 6.45) is 2.43. The second-order valence-electron chi connectivity index (χ2n) is 5.98. The number of aromatic nitrogens is 4. The van der Waals surface area contributed by atoms with E-state index in [4.69, 9.17) is 0 Å². The van der Waals surface area contributed by atoms with Crippen molar-refractivity contribution in [2.75, 3.05) is 11.6 Å². The molecule has 9 heteroatoms. The van der Waals surface area contributed by atoms with E-state index in [-0.39, 0.29) is 16.4 Å². The number of hydrogen-bond acceptors (Lipinski definition) is 6. The molecule has 0 spiro atoms. The highest BCUT2D eigenvalue weighted by Crippen LogP contribution is 2.20. The molecule has 3 rings (SSSR count). The standard InChI is InChI=1S/C16H19N5O3S/c1-10-17-9-14(25(4,23)24)15(19-10)18-8-11-5-6-12-13(7-11)21(3)16(22)20(12)2/h5-7,9H,8H2,1-4H3,(H,17,18,19). The summed E-state index contributed by atoms with van der Waals surface area (Å²) in [7, 11) is 0.0119. The quantitative estimate of drug-likeness (QED) is 0.744. The van der Waals surface area contributed by atoms with Gasteiger partial charge in [-0.05, 0) is 24.6 Å². The van der Waals surface area contributed by atoms with Gasteiger partial charge < -0.3 is 5.32 Å². The summed E-state index contributed by atoms with van der Waals surface area (Å²) in [5.74, 6) is 0.757. The molecule has 1 N–H and O–H groups in total. The number of nitrogens with zero attached hydrogens (tertiary/aromatic N) is 4. The fraction of sp³-hybridized carbons (Fsp3) is 0.312. The first kappa shape index (κ1) is 17.2. The van der Waals surface area contributed by atoms with E-state index in [0.29, 0.717) is 12.4 Å². The van der Waals surface area contributed by atoms with Gasteiger partial charge in [0.25, 0.3) is 0 Å². The lowest BCUT2D eigenvalue weighted by molar-refractivity contribution is 0.601. The monoisotopic (exact) mass is 361 g/mol. The average Bonchev–Trinajstić information content (AvgIpc) is 2.76. The molecule has 2 aromatic heterocycles. The minimum atomic E-state index is -3.43. The van der Waals surface area contributed by atoms with E-state index >= 15 is 0 Å². The molecule has 132 valence electrons. The van der Waals surface area contributed by atoms with Gasteiger partial charge in [0.15, 0.2) is 9.84 Å². The number of sulfone groups is 1. The lowest BCUT2D eigenvalue weighted by Gasteiger charge is -2.10. The highest BCUT2D eigenvalue weighted by Gasteiger charge is 2.16. The van der Waals surface area contributed by atoms with Gasteiger partial charge in [-0.15, -0.1) is 0 Å². The van der Waals surface area contributed by atoms with Crippen molar-refractivity contribution in [2.45, 2.75) is 18.4 Å². The third-order valence-corrected chi connectivity index (χ3v) is 5.17. The molecule has 2 heterocycles. The van der Waals surface area contributed by atoms with Gasteiger partial charge in [-0.25, -0.2) is 23.2 Å². The van der Waals surface area contributed by atoms with E-state index < -0.39 is 9.84 Å². The van der Waals surface area contributed by atoms with Crippen LogP contribution in [0.5, 0.6) is 0 Å². The summed E-state index contributed by atoms with van der Waals surface area (Å²) >= 11 is 0. The number of nitrogens with one attached hydrogen (secondary N) is 1. The Labute approximate surface area is 145 Å². The van der Waals surface area contributed by atoms with E-state index in [0.717, 1.165) is 22.9 Å². The van der Waals surface area contributed by atoms with Crippen molar-refractivity contribution in [3.05, 3.63) is 46.3 Å². The van der Waals surface area contributed by atoms with Crippen molar-refractivity contribution in [3.63, 3.8) is 0 Å². The van der Waals surface area contributed by atoms with Gasteiger partial charge >= 0.3 is 5.69 Å². The fourth-order valence-electron chi connectivity index (χ4n) is 2.71. The predicted molar refractivity (Wildman–Crippen MR) is 95.4 cm³/mol. The van der Waals surface area contributed by atoms with Gasteiger partial charge in [-0.2, -0.15) is 0 Å². The molecule has 0 radical (unpaired) electrons. The van der Waals surface area contributed by atoms with Gasteiger partial charge in [-0.3, -0.25) is 9.13 Å². The Morgan fingerprint density at radius 1 is 1.16 bits per heavy atom. The maximum Gasteiger partial charge on any atom is 0.328 e. The molecule has 0 unspecified atom stereocenters. The first-order valence-electron chi connectivity index (χ1n) is 7.60. The van der Waals surface area contributed by atoms with E-state index in [1.165, 1.54) is 6.20 Å². The first-order valence-corrected chi connectivity index (χ1v) is 9.49. The molecule has 0 bridgehead atoms. The SMILES string of the molecule is Cc1ncc(S(C)(=O)=O)c(NCc2ccc3c(c2)n(C)c(=O)n3C)n1. The zero-order valence-corrected chi connectivity index (χ0v) is 15.3. The number of fused-ring (bicyclic) bond motifs is 1. The summed E-state index contributed by atoms with van der Waals surface area (Å²) in [6.45, 7) is 2.07. The summed E-state index contributed by atoms with van der Waals surface area (Å²) in [4.78, 5) is 20.2. The predicted octanol–water partition coefficient (Wildman–Crippen LogP) is 0.991. The summed E-state index contributed by atoms with van der Waals surface area (Å²) in [5.41, 5.74) is 2.47. The molecule has 0 aliphatic rings. The van der Waals surface area contributed by atoms with Gasteiger partial charge in [0, 0.05) is 26.9 Å². The van der Waals surface area contributed by atoms with Crippen LogP contribution < -0.4 is 11.0 Å². The second-order valence-corrected chi connectivity index (χ2v) is 7.96. The van der Waals surface area contributed by atoms with E-state index in [2.05, 4.69) is 15.3 Å². The normalized spacial score (nSPS) is 11.8. The molecule has 0 aliphatic carbocycles. The molecule has 0 saturated carbocycles. The number of anilines is 1. The highest BCUT2D eigenvalue weighted by molar-refractivity contribution is 7.90. The third-order valence-electron chi connectivity index (χ3n) is 4.07. The van der Waals surface area contributed by atoms with Crippen LogP contribution in [0.1, 0.15) is 11.4 Å². The Morgan fingerprint density at radius 3 is 2.52 bits per heavy atom. The van der Waals surface area contributed by atoms with Crippen LogP contribution in [0.25, 0.3) is 11.0 Å². The number of aryl methyl sites for hydroxylation is 3. The van der Waals surface area contributed by atoms with Crippen molar-refractivity contribution < 1.29 is 8.42 Å². The van der Waals surface area contributed by atoms with Gasteiger partial charge in [0.2, 0.25) is 0 Å². The van der Waals surface area contributed by atoms with Gasteiger partial charge in [0.1, 0.15) is 16.5 Å². The maximum absolute atomic E-state index is 12.0. The lowest BCUT2D eigenvalue weighted by Crippen LogP contribution is -2.19. The highest BCUT2D eigenvalue weighted by atomic mass is 32.2. The number of benzene rings is 1. The van der Waals surface area contributed by atoms with E-state index in [1.54, 1.807) is 30.2 Å². The second kappa shape index (κ2) is 5.99. The number of imidazole rings is 1. The van der Waals surface area contributed by atoms with Crippen LogP contribution in [-0.4, -0.2) is 33.8 Å². The first-order chi connectivity index (χ1) is 11.7. The van der Waals surface area contributed by atoms with Crippen molar-refractivity contribution in [1.82, 2.24) is 19.1 Å². The topological polar surface area (TPSA) is 98.9 Å². The molecule has 0 fully saturated rings. The van der Waals surface area contributed by atoms with Crippen molar-refractivity contribution in [1.29, 1.82) is 0 Å². The molecule has 0 atom stereocenters. The summed E-state index contributed by atoms with van der Waals surface area (Å²) in [6, 6.07) is 5.66. The van der Waals surface area contributed by atoms with Crippen molar-refractivity contribution in [2.24, 2.45) is 14.1 Å². The number of rotatable bonds is 4. The minimum absolute atomic E-state index is 0.0614. The molecule has 0 aliphatic heterocycles. The van der Waals surface area contributed by atoms with Crippen LogP contribution in [0, 0.1) is 6.92 Å². The molecule has 1 aromatic carbocycles. The third kappa shape index (κ3) is 3.14. The fourth-order valence-corrected chi connectivity index (χ4v) is 3.42. The maximum atomic E-state index is 12.0. The smallest absolute Gasteiger partial charge is 0.328 e. The lowest BCUT2D eigenvalue weighted by atomic mass is 10.2. The van der Waals surface area contributed by atoms with E-state index in [9.17, 15) is 13.2 Å². The molecule has 3 aromatic rings. The molecule has 0 saturated heterocycles.